The predicted octanol–water partition coefficient (Wildman–Crippen LogP) is 4.46. The molecule has 0 saturated carbocycles. The predicted molar refractivity (Wildman–Crippen MR) is 113 cm³/mol. The van der Waals surface area contributed by atoms with Gasteiger partial charge in [-0.25, -0.2) is 0 Å². The second kappa shape index (κ2) is 8.39. The summed E-state index contributed by atoms with van der Waals surface area (Å²) in [5.74, 6) is 1.12. The Kier molecular flexibility index (Phi) is 5.33. The molecule has 6 nitrogen and oxygen atoms in total. The van der Waals surface area contributed by atoms with E-state index in [-0.39, 0.29) is 18.5 Å². The molecular weight excluding hydrogens is 364 g/mol. The maximum absolute atomic E-state index is 12.3. The number of carbonyl (C=O) groups is 1. The van der Waals surface area contributed by atoms with Crippen LogP contribution in [0.1, 0.15) is 5.56 Å². The molecule has 4 rings (SSSR count). The fourth-order valence-corrected chi connectivity index (χ4v) is 2.91. The van der Waals surface area contributed by atoms with Crippen LogP contribution in [0.4, 0.5) is 5.95 Å². The number of benzene rings is 3. The zero-order valence-corrected chi connectivity index (χ0v) is 15.9. The summed E-state index contributed by atoms with van der Waals surface area (Å²) in [6, 6.07) is 25.4. The van der Waals surface area contributed by atoms with Crippen LogP contribution in [-0.4, -0.2) is 27.7 Å². The molecule has 1 amide bonds. The van der Waals surface area contributed by atoms with Gasteiger partial charge in [-0.3, -0.25) is 15.2 Å². The van der Waals surface area contributed by atoms with Gasteiger partial charge in [-0.1, -0.05) is 78.4 Å². The van der Waals surface area contributed by atoms with Gasteiger partial charge in [0, 0.05) is 11.1 Å². The highest BCUT2D eigenvalue weighted by atomic mass is 16.5. The number of carbonyl (C=O) groups excluding carboxylic acids is 1. The second-order valence-electron chi connectivity index (χ2n) is 6.57. The first-order valence-corrected chi connectivity index (χ1v) is 9.25. The fraction of sp³-hybridized carbons (Fsp3) is 0.0870. The number of amides is 1. The van der Waals surface area contributed by atoms with E-state index < -0.39 is 0 Å². The van der Waals surface area contributed by atoms with E-state index in [1.807, 2.05) is 85.8 Å². The lowest BCUT2D eigenvalue weighted by atomic mass is 10.1. The van der Waals surface area contributed by atoms with E-state index in [2.05, 4.69) is 20.5 Å². The Bertz CT molecular complexity index is 1110. The average Bonchev–Trinajstić information content (AvgIpc) is 3.22. The van der Waals surface area contributed by atoms with E-state index in [1.165, 1.54) is 0 Å². The minimum absolute atomic E-state index is 0.141. The van der Waals surface area contributed by atoms with Gasteiger partial charge in [0.05, 0.1) is 0 Å². The van der Waals surface area contributed by atoms with Gasteiger partial charge >= 0.3 is 0 Å². The lowest BCUT2D eigenvalue weighted by Crippen LogP contribution is -2.21. The standard InChI is InChI=1S/C23H20N4O2/c1-16-11-13-18(14-12-16)22-25-23(27-26-22)24-21(28)15-29-20-10-6-5-9-19(20)17-7-3-2-4-8-17/h2-14H,15H2,1H3,(H2,24,25,26,27,28). The summed E-state index contributed by atoms with van der Waals surface area (Å²) in [7, 11) is 0. The number of aryl methyl sites for hydroxylation is 1. The number of H-pyrrole nitrogens is 1. The minimum atomic E-state index is -0.331. The SMILES string of the molecule is Cc1ccc(-c2nc(NC(=O)COc3ccccc3-c3ccccc3)n[nH]2)cc1. The Morgan fingerprint density at radius 2 is 1.66 bits per heavy atom. The molecule has 3 aromatic carbocycles. The van der Waals surface area contributed by atoms with Crippen molar-refractivity contribution in [2.24, 2.45) is 0 Å². The smallest absolute Gasteiger partial charge is 0.264 e. The van der Waals surface area contributed by atoms with Crippen LogP contribution < -0.4 is 10.1 Å². The van der Waals surface area contributed by atoms with Crippen LogP contribution in [0.5, 0.6) is 5.75 Å². The molecule has 6 heteroatoms. The highest BCUT2D eigenvalue weighted by Gasteiger charge is 2.11. The largest absolute Gasteiger partial charge is 0.483 e. The first-order valence-electron chi connectivity index (χ1n) is 9.25. The number of para-hydroxylation sites is 1. The van der Waals surface area contributed by atoms with E-state index in [9.17, 15) is 4.79 Å². The first-order chi connectivity index (χ1) is 14.2. The molecule has 0 radical (unpaired) electrons. The summed E-state index contributed by atoms with van der Waals surface area (Å²) in [6.07, 6.45) is 0. The zero-order valence-electron chi connectivity index (χ0n) is 15.9. The molecular formula is C23H20N4O2. The molecule has 1 heterocycles. The van der Waals surface area contributed by atoms with E-state index in [0.717, 1.165) is 22.3 Å². The van der Waals surface area contributed by atoms with Crippen LogP contribution in [-0.2, 0) is 4.79 Å². The molecule has 0 aliphatic rings. The Hall–Kier alpha value is -3.93. The van der Waals surface area contributed by atoms with E-state index >= 15 is 0 Å². The lowest BCUT2D eigenvalue weighted by Gasteiger charge is -2.11. The van der Waals surface area contributed by atoms with Gasteiger partial charge in [-0.15, -0.1) is 5.10 Å². The number of anilines is 1. The highest BCUT2D eigenvalue weighted by Crippen LogP contribution is 2.29. The summed E-state index contributed by atoms with van der Waals surface area (Å²) in [4.78, 5) is 16.6. The summed E-state index contributed by atoms with van der Waals surface area (Å²) in [5, 5.41) is 9.54. The van der Waals surface area contributed by atoms with Crippen LogP contribution in [0.3, 0.4) is 0 Å². The van der Waals surface area contributed by atoms with Gasteiger partial charge in [-0.2, -0.15) is 4.98 Å². The van der Waals surface area contributed by atoms with Crippen molar-refractivity contribution in [1.82, 2.24) is 15.2 Å². The number of ether oxygens (including phenoxy) is 1. The van der Waals surface area contributed by atoms with Crippen molar-refractivity contribution in [3.8, 4) is 28.3 Å². The van der Waals surface area contributed by atoms with Crippen molar-refractivity contribution >= 4 is 11.9 Å². The zero-order chi connectivity index (χ0) is 20.1. The van der Waals surface area contributed by atoms with Gasteiger partial charge < -0.3 is 4.74 Å². The van der Waals surface area contributed by atoms with Gasteiger partial charge in [0.25, 0.3) is 5.91 Å². The molecule has 144 valence electrons. The van der Waals surface area contributed by atoms with Crippen molar-refractivity contribution in [1.29, 1.82) is 0 Å². The number of hydrogen-bond donors (Lipinski definition) is 2. The number of rotatable bonds is 6. The van der Waals surface area contributed by atoms with Gasteiger partial charge in [-0.05, 0) is 18.6 Å². The fourth-order valence-electron chi connectivity index (χ4n) is 2.91. The van der Waals surface area contributed by atoms with Crippen molar-refractivity contribution < 1.29 is 9.53 Å². The van der Waals surface area contributed by atoms with Crippen LogP contribution >= 0.6 is 0 Å². The monoisotopic (exact) mass is 384 g/mol. The third-order valence-corrected chi connectivity index (χ3v) is 4.39. The van der Waals surface area contributed by atoms with Crippen molar-refractivity contribution in [3.05, 3.63) is 84.4 Å². The van der Waals surface area contributed by atoms with E-state index in [1.54, 1.807) is 0 Å². The average molecular weight is 384 g/mol. The summed E-state index contributed by atoms with van der Waals surface area (Å²) >= 11 is 0. The van der Waals surface area contributed by atoms with Gasteiger partial charge in [0.15, 0.2) is 12.4 Å². The molecule has 1 aromatic heterocycles. The van der Waals surface area contributed by atoms with Gasteiger partial charge in [0.2, 0.25) is 5.95 Å². The Balaban J connectivity index is 1.40. The second-order valence-corrected chi connectivity index (χ2v) is 6.57. The topological polar surface area (TPSA) is 79.9 Å². The summed E-state index contributed by atoms with van der Waals surface area (Å²) in [6.45, 7) is 1.88. The molecule has 0 bridgehead atoms. The molecule has 0 fully saturated rings. The van der Waals surface area contributed by atoms with Crippen LogP contribution in [0.15, 0.2) is 78.9 Å². The maximum atomic E-state index is 12.3. The van der Waals surface area contributed by atoms with Crippen molar-refractivity contribution in [2.75, 3.05) is 11.9 Å². The number of aromatic nitrogens is 3. The molecule has 0 atom stereocenters. The number of aromatic amines is 1. The Labute approximate surface area is 168 Å². The van der Waals surface area contributed by atoms with Crippen LogP contribution in [0.25, 0.3) is 22.5 Å². The third kappa shape index (κ3) is 4.50. The number of hydrogen-bond acceptors (Lipinski definition) is 4. The van der Waals surface area contributed by atoms with E-state index in [4.69, 9.17) is 4.74 Å². The van der Waals surface area contributed by atoms with Crippen LogP contribution in [0.2, 0.25) is 0 Å². The Morgan fingerprint density at radius 3 is 2.45 bits per heavy atom. The molecule has 0 aliphatic heterocycles. The van der Waals surface area contributed by atoms with Crippen LogP contribution in [0, 0.1) is 6.92 Å². The maximum Gasteiger partial charge on any atom is 0.264 e. The molecule has 0 unspecified atom stereocenters. The number of nitrogens with zero attached hydrogens (tertiary/aromatic N) is 2. The quantitative estimate of drug-likeness (QED) is 0.514. The lowest BCUT2D eigenvalue weighted by molar-refractivity contribution is -0.118. The molecule has 29 heavy (non-hydrogen) atoms. The Morgan fingerprint density at radius 1 is 0.931 bits per heavy atom. The molecule has 4 aromatic rings. The highest BCUT2D eigenvalue weighted by molar-refractivity contribution is 5.90. The third-order valence-electron chi connectivity index (χ3n) is 4.39. The van der Waals surface area contributed by atoms with E-state index in [0.29, 0.717) is 11.6 Å². The van der Waals surface area contributed by atoms with Gasteiger partial charge in [0.1, 0.15) is 5.75 Å². The van der Waals surface area contributed by atoms with Crippen molar-refractivity contribution in [3.63, 3.8) is 0 Å². The minimum Gasteiger partial charge on any atom is -0.483 e. The van der Waals surface area contributed by atoms with Crippen molar-refractivity contribution in [2.45, 2.75) is 6.92 Å². The first kappa shape index (κ1) is 18.4. The molecule has 0 spiro atoms. The summed E-state index contributed by atoms with van der Waals surface area (Å²) in [5.41, 5.74) is 4.02. The molecule has 0 aliphatic carbocycles. The normalized spacial score (nSPS) is 10.5. The molecule has 2 N–H and O–H groups in total. The molecule has 0 saturated heterocycles. The summed E-state index contributed by atoms with van der Waals surface area (Å²) < 4.78 is 5.75. The number of nitrogens with one attached hydrogen (secondary N) is 2.